The minimum Gasteiger partial charge on any atom is -0.368 e. The fraction of sp³-hybridized carbons (Fsp3) is 0.375. The van der Waals surface area contributed by atoms with Gasteiger partial charge in [-0.2, -0.15) is 13.2 Å². The molecular weight excluding hydrogens is 433 g/mol. The van der Waals surface area contributed by atoms with E-state index in [0.29, 0.717) is 26.2 Å². The Labute approximate surface area is 189 Å². The molecule has 0 radical (unpaired) electrons. The van der Waals surface area contributed by atoms with Crippen LogP contribution in [0.25, 0.3) is 11.0 Å². The second kappa shape index (κ2) is 8.53. The van der Waals surface area contributed by atoms with E-state index in [4.69, 9.17) is 0 Å². The van der Waals surface area contributed by atoms with Gasteiger partial charge in [0.25, 0.3) is 5.56 Å². The van der Waals surface area contributed by atoms with Crippen LogP contribution < -0.4 is 10.5 Å². The summed E-state index contributed by atoms with van der Waals surface area (Å²) in [5.41, 5.74) is 0.872. The van der Waals surface area contributed by atoms with Crippen LogP contribution >= 0.6 is 0 Å². The van der Waals surface area contributed by atoms with Gasteiger partial charge in [-0.15, -0.1) is 0 Å². The van der Waals surface area contributed by atoms with Gasteiger partial charge >= 0.3 is 6.18 Å². The van der Waals surface area contributed by atoms with Gasteiger partial charge in [-0.05, 0) is 50.1 Å². The number of amides is 1. The van der Waals surface area contributed by atoms with Gasteiger partial charge < -0.3 is 9.80 Å². The third kappa shape index (κ3) is 4.19. The lowest BCUT2D eigenvalue weighted by Crippen LogP contribution is -2.51. The highest BCUT2D eigenvalue weighted by Gasteiger charge is 2.39. The number of hydrogen-bond acceptors (Lipinski definition) is 4. The van der Waals surface area contributed by atoms with Crippen LogP contribution in [-0.2, 0) is 11.0 Å². The number of hydrogen-bond donors (Lipinski definition) is 0. The Morgan fingerprint density at radius 3 is 2.33 bits per heavy atom. The molecular formula is C24H25F3N4O2. The molecule has 2 aromatic carbocycles. The molecule has 1 fully saturated rings. The van der Waals surface area contributed by atoms with E-state index >= 15 is 0 Å². The number of rotatable bonds is 3. The zero-order valence-corrected chi connectivity index (χ0v) is 18.7. The van der Waals surface area contributed by atoms with E-state index in [0.717, 1.165) is 10.3 Å². The number of aryl methyl sites for hydroxylation is 1. The molecule has 174 valence electrons. The summed E-state index contributed by atoms with van der Waals surface area (Å²) in [6.45, 7) is 7.61. The Hall–Kier alpha value is -3.36. The van der Waals surface area contributed by atoms with Crippen LogP contribution in [0.2, 0.25) is 0 Å². The highest BCUT2D eigenvalue weighted by Crippen LogP contribution is 2.28. The molecule has 4 rings (SSSR count). The summed E-state index contributed by atoms with van der Waals surface area (Å²) in [4.78, 5) is 33.4. The summed E-state index contributed by atoms with van der Waals surface area (Å²) in [7, 11) is 0. The lowest BCUT2D eigenvalue weighted by atomic mass is 10.1. The topological polar surface area (TPSA) is 58.4 Å². The van der Waals surface area contributed by atoms with Crippen LogP contribution in [0, 0.1) is 13.8 Å². The van der Waals surface area contributed by atoms with Crippen molar-refractivity contribution in [1.82, 2.24) is 14.5 Å². The zero-order valence-electron chi connectivity index (χ0n) is 18.7. The third-order valence-corrected chi connectivity index (χ3v) is 6.32. The monoisotopic (exact) mass is 458 g/mol. The van der Waals surface area contributed by atoms with Crippen LogP contribution in [0.5, 0.6) is 0 Å². The van der Waals surface area contributed by atoms with Gasteiger partial charge in [-0.25, -0.2) is 4.98 Å². The number of anilines is 1. The lowest BCUT2D eigenvalue weighted by molar-refractivity contribution is -0.143. The van der Waals surface area contributed by atoms with Crippen molar-refractivity contribution >= 4 is 22.6 Å². The van der Waals surface area contributed by atoms with Crippen LogP contribution in [0.1, 0.15) is 29.8 Å². The van der Waals surface area contributed by atoms with Crippen LogP contribution in [0.15, 0.2) is 47.3 Å². The fourth-order valence-electron chi connectivity index (χ4n) is 4.34. The van der Waals surface area contributed by atoms with Crippen LogP contribution in [-0.4, -0.2) is 46.5 Å². The number of carbonyl (C=O) groups excluding carboxylic acids is 1. The minimum absolute atomic E-state index is 0.0174. The second-order valence-corrected chi connectivity index (χ2v) is 8.33. The van der Waals surface area contributed by atoms with E-state index in [9.17, 15) is 22.8 Å². The molecule has 0 saturated carbocycles. The molecule has 2 heterocycles. The van der Waals surface area contributed by atoms with E-state index in [1.54, 1.807) is 17.0 Å². The molecule has 0 bridgehead atoms. The normalized spacial score (nSPS) is 15.7. The predicted molar refractivity (Wildman–Crippen MR) is 120 cm³/mol. The average Bonchev–Trinajstić information content (AvgIpc) is 2.79. The van der Waals surface area contributed by atoms with Crippen molar-refractivity contribution in [3.63, 3.8) is 0 Å². The maximum Gasteiger partial charge on any atom is 0.438 e. The first-order valence-electron chi connectivity index (χ1n) is 10.8. The van der Waals surface area contributed by atoms with Crippen LogP contribution in [0.3, 0.4) is 0 Å². The summed E-state index contributed by atoms with van der Waals surface area (Å²) in [6.07, 6.45) is -4.91. The average molecular weight is 458 g/mol. The molecule has 0 unspecified atom stereocenters. The highest BCUT2D eigenvalue weighted by molar-refractivity contribution is 5.83. The summed E-state index contributed by atoms with van der Waals surface area (Å²) >= 11 is 0. The summed E-state index contributed by atoms with van der Waals surface area (Å²) < 4.78 is 41.3. The number of fused-ring (bicyclic) bond motifs is 1. The molecule has 9 heteroatoms. The van der Waals surface area contributed by atoms with E-state index < -0.39 is 23.5 Å². The van der Waals surface area contributed by atoms with Crippen molar-refractivity contribution < 1.29 is 18.0 Å². The molecule has 3 aromatic rings. The molecule has 33 heavy (non-hydrogen) atoms. The molecule has 1 saturated heterocycles. The van der Waals surface area contributed by atoms with E-state index in [-0.39, 0.29) is 16.9 Å². The van der Waals surface area contributed by atoms with E-state index in [2.05, 4.69) is 16.8 Å². The molecule has 1 aliphatic rings. The first kappa shape index (κ1) is 22.8. The Balaban J connectivity index is 1.61. The summed E-state index contributed by atoms with van der Waals surface area (Å²) in [5.74, 6) is -0.387. The van der Waals surface area contributed by atoms with Crippen LogP contribution in [0.4, 0.5) is 18.9 Å². The van der Waals surface area contributed by atoms with Crippen molar-refractivity contribution in [2.45, 2.75) is 33.0 Å². The maximum atomic E-state index is 13.5. The summed E-state index contributed by atoms with van der Waals surface area (Å²) in [6, 6.07) is 11.1. The molecule has 0 aliphatic carbocycles. The first-order chi connectivity index (χ1) is 15.6. The van der Waals surface area contributed by atoms with Crippen molar-refractivity contribution in [3.05, 3.63) is 69.6 Å². The minimum atomic E-state index is -4.91. The Morgan fingerprint density at radius 2 is 1.67 bits per heavy atom. The number of piperazine rings is 1. The Bertz CT molecular complexity index is 1260. The van der Waals surface area contributed by atoms with Crippen molar-refractivity contribution in [2.24, 2.45) is 0 Å². The maximum absolute atomic E-state index is 13.5. The van der Waals surface area contributed by atoms with Gasteiger partial charge in [0.2, 0.25) is 11.6 Å². The van der Waals surface area contributed by atoms with Gasteiger partial charge in [0.1, 0.15) is 6.04 Å². The second-order valence-electron chi connectivity index (χ2n) is 8.33. The van der Waals surface area contributed by atoms with Gasteiger partial charge in [0.05, 0.1) is 11.0 Å². The van der Waals surface area contributed by atoms with E-state index in [1.165, 1.54) is 30.2 Å². The van der Waals surface area contributed by atoms with Crippen molar-refractivity contribution in [3.8, 4) is 0 Å². The largest absolute Gasteiger partial charge is 0.438 e. The number of halogens is 3. The van der Waals surface area contributed by atoms with Gasteiger partial charge in [0, 0.05) is 31.9 Å². The number of nitrogens with zero attached hydrogens (tertiary/aromatic N) is 4. The summed E-state index contributed by atoms with van der Waals surface area (Å²) in [5, 5.41) is 0. The molecule has 0 N–H and O–H groups in total. The molecule has 6 nitrogen and oxygen atoms in total. The van der Waals surface area contributed by atoms with Crippen molar-refractivity contribution in [1.29, 1.82) is 0 Å². The molecule has 0 spiro atoms. The first-order valence-corrected chi connectivity index (χ1v) is 10.8. The number of carbonyl (C=O) groups is 1. The molecule has 1 amide bonds. The zero-order chi connectivity index (χ0) is 23.9. The number of aromatic nitrogens is 2. The molecule has 1 aromatic heterocycles. The van der Waals surface area contributed by atoms with Gasteiger partial charge in [-0.3, -0.25) is 14.2 Å². The van der Waals surface area contributed by atoms with Crippen molar-refractivity contribution in [2.75, 3.05) is 31.1 Å². The molecule has 1 aliphatic heterocycles. The Kier molecular flexibility index (Phi) is 5.90. The SMILES string of the molecule is Cc1cccc(N2CCN(C(=O)[C@@H](C)n3c(=O)c(C(F)(F)F)nc4ccccc43)CC2)c1C. The number of alkyl halides is 3. The predicted octanol–water partition coefficient (Wildman–Crippen LogP) is 3.94. The van der Waals surface area contributed by atoms with E-state index in [1.807, 2.05) is 25.1 Å². The van der Waals surface area contributed by atoms with Gasteiger partial charge in [0.15, 0.2) is 0 Å². The standard InChI is InChI=1S/C24H25F3N4O2/c1-15-7-6-10-19(16(15)2)29-11-13-30(14-12-29)22(32)17(3)31-20-9-5-4-8-18(20)28-21(23(31)33)24(25,26)27/h4-10,17H,11-14H2,1-3H3/t17-/m1/s1. The van der Waals surface area contributed by atoms with Gasteiger partial charge in [-0.1, -0.05) is 24.3 Å². The number of para-hydroxylation sites is 2. The highest BCUT2D eigenvalue weighted by atomic mass is 19.4. The quantitative estimate of drug-likeness (QED) is 0.597. The third-order valence-electron chi connectivity index (χ3n) is 6.32. The molecule has 1 atom stereocenters. The Morgan fingerprint density at radius 1 is 1.00 bits per heavy atom. The fourth-order valence-corrected chi connectivity index (χ4v) is 4.34. The lowest BCUT2D eigenvalue weighted by Gasteiger charge is -2.38. The smallest absolute Gasteiger partial charge is 0.368 e. The number of benzene rings is 2.